The van der Waals surface area contributed by atoms with Crippen LogP contribution in [0.3, 0.4) is 0 Å². The van der Waals surface area contributed by atoms with Crippen molar-refractivity contribution in [2.75, 3.05) is 19.7 Å². The van der Waals surface area contributed by atoms with E-state index >= 15 is 0 Å². The van der Waals surface area contributed by atoms with Crippen molar-refractivity contribution in [2.24, 2.45) is 5.10 Å². The van der Waals surface area contributed by atoms with Crippen molar-refractivity contribution in [1.82, 2.24) is 5.01 Å². The fraction of sp³-hybridized carbons (Fsp3) is 0.545. The molecule has 1 aromatic carbocycles. The normalized spacial score (nSPS) is 12.1. The van der Waals surface area contributed by atoms with Gasteiger partial charge >= 0.3 is 11.7 Å². The highest BCUT2D eigenvalue weighted by Gasteiger charge is 2.35. The van der Waals surface area contributed by atoms with E-state index in [0.717, 1.165) is 38.8 Å². The quantitative estimate of drug-likeness (QED) is 0.0779. The topological polar surface area (TPSA) is 105 Å². The Morgan fingerprint density at radius 1 is 1.09 bits per heavy atom. The van der Waals surface area contributed by atoms with Crippen molar-refractivity contribution in [3.8, 4) is 0 Å². The summed E-state index contributed by atoms with van der Waals surface area (Å²) in [6.07, 6.45) is 4.64. The molecule has 0 aromatic heterocycles. The number of hydrogen-bond donors (Lipinski definition) is 1. The summed E-state index contributed by atoms with van der Waals surface area (Å²) in [5, 5.41) is 27.9. The maximum atomic E-state index is 14.8. The Bertz CT molecular complexity index is 911. The maximum Gasteiger partial charge on any atom is 0.343 e. The molecule has 184 valence electrons. The van der Waals surface area contributed by atoms with Crippen LogP contribution in [0.15, 0.2) is 10.7 Å². The molecule has 0 bridgehead atoms. The monoisotopic (exact) mass is 473 g/mol. The zero-order chi connectivity index (χ0) is 25.1. The van der Waals surface area contributed by atoms with Gasteiger partial charge in [-0.15, -0.1) is 0 Å². The summed E-state index contributed by atoms with van der Waals surface area (Å²) in [6.45, 7) is 7.54. The van der Waals surface area contributed by atoms with E-state index in [4.69, 9.17) is 4.74 Å². The number of benzene rings is 1. The summed E-state index contributed by atoms with van der Waals surface area (Å²) in [4.78, 5) is 22.6. The summed E-state index contributed by atoms with van der Waals surface area (Å²) in [5.41, 5.74) is -4.48. The van der Waals surface area contributed by atoms with E-state index in [1.165, 1.54) is 0 Å². The first-order valence-electron chi connectivity index (χ1n) is 10.8. The van der Waals surface area contributed by atoms with Crippen LogP contribution in [0.4, 0.5) is 18.9 Å². The SMILES string of the molecule is CCCCN(CCCC)N=CC(C(=O)OCCC)=C(O)c1c(F)c(C)c(F)c(F)c1[N+](=O)[O-]. The van der Waals surface area contributed by atoms with Gasteiger partial charge in [0.05, 0.1) is 17.7 Å². The molecule has 0 saturated heterocycles. The van der Waals surface area contributed by atoms with Gasteiger partial charge in [0, 0.05) is 18.7 Å². The molecule has 1 rings (SSSR count). The van der Waals surface area contributed by atoms with Crippen molar-refractivity contribution in [3.63, 3.8) is 0 Å². The van der Waals surface area contributed by atoms with Crippen LogP contribution in [-0.2, 0) is 9.53 Å². The first kappa shape index (κ1) is 27.9. The number of aliphatic hydroxyl groups is 1. The van der Waals surface area contributed by atoms with Crippen LogP contribution in [0.2, 0.25) is 0 Å². The third kappa shape index (κ3) is 7.19. The minimum atomic E-state index is -1.95. The molecule has 0 heterocycles. The van der Waals surface area contributed by atoms with Crippen molar-refractivity contribution in [3.05, 3.63) is 44.3 Å². The Labute approximate surface area is 190 Å². The molecule has 0 aliphatic carbocycles. The average Bonchev–Trinajstić information content (AvgIpc) is 2.79. The van der Waals surface area contributed by atoms with Crippen LogP contribution in [-0.4, -0.2) is 46.9 Å². The van der Waals surface area contributed by atoms with Gasteiger partial charge in [-0.3, -0.25) is 15.1 Å². The molecular weight excluding hydrogens is 443 g/mol. The number of nitrogens with zero attached hydrogens (tertiary/aromatic N) is 3. The lowest BCUT2D eigenvalue weighted by molar-refractivity contribution is -0.388. The van der Waals surface area contributed by atoms with Crippen molar-refractivity contribution in [2.45, 2.75) is 59.8 Å². The van der Waals surface area contributed by atoms with Crippen LogP contribution in [0.25, 0.3) is 5.76 Å². The molecule has 0 radical (unpaired) electrons. The number of carbonyl (C=O) groups excluding carboxylic acids is 1. The third-order valence-electron chi connectivity index (χ3n) is 4.74. The lowest BCUT2D eigenvalue weighted by Gasteiger charge is -2.18. The Hall–Kier alpha value is -3.11. The van der Waals surface area contributed by atoms with E-state index in [1.807, 2.05) is 13.8 Å². The van der Waals surface area contributed by atoms with Gasteiger partial charge in [0.2, 0.25) is 5.82 Å². The number of ether oxygens (including phenoxy) is 1. The number of halogens is 3. The smallest absolute Gasteiger partial charge is 0.343 e. The highest BCUT2D eigenvalue weighted by Crippen LogP contribution is 2.35. The fourth-order valence-electron chi connectivity index (χ4n) is 2.82. The third-order valence-corrected chi connectivity index (χ3v) is 4.74. The Morgan fingerprint density at radius 2 is 1.67 bits per heavy atom. The zero-order valence-electron chi connectivity index (χ0n) is 19.3. The van der Waals surface area contributed by atoms with Gasteiger partial charge in [-0.05, 0) is 26.2 Å². The molecule has 8 nitrogen and oxygen atoms in total. The van der Waals surface area contributed by atoms with Crippen LogP contribution in [0.1, 0.15) is 64.0 Å². The lowest BCUT2D eigenvalue weighted by atomic mass is 10.0. The molecule has 0 aliphatic heterocycles. The minimum absolute atomic E-state index is 0.0553. The summed E-state index contributed by atoms with van der Waals surface area (Å²) in [6, 6.07) is 0. The first-order chi connectivity index (χ1) is 15.6. The Morgan fingerprint density at radius 3 is 2.15 bits per heavy atom. The molecule has 0 unspecified atom stereocenters. The molecular formula is C22H30F3N3O5. The van der Waals surface area contributed by atoms with E-state index in [-0.39, 0.29) is 6.61 Å². The van der Waals surface area contributed by atoms with Crippen LogP contribution >= 0.6 is 0 Å². The number of nitro benzene ring substituents is 1. The number of unbranched alkanes of at least 4 members (excludes halogenated alkanes) is 2. The summed E-state index contributed by atoms with van der Waals surface area (Å²) in [7, 11) is 0. The number of hydrogen-bond acceptors (Lipinski definition) is 7. The van der Waals surface area contributed by atoms with Gasteiger partial charge in [-0.1, -0.05) is 33.6 Å². The largest absolute Gasteiger partial charge is 0.506 e. The van der Waals surface area contributed by atoms with Gasteiger partial charge in [-0.2, -0.15) is 9.49 Å². The van der Waals surface area contributed by atoms with E-state index in [0.29, 0.717) is 19.5 Å². The van der Waals surface area contributed by atoms with Crippen LogP contribution in [0, 0.1) is 34.5 Å². The highest BCUT2D eigenvalue weighted by atomic mass is 19.2. The second-order valence-electron chi connectivity index (χ2n) is 7.35. The minimum Gasteiger partial charge on any atom is -0.506 e. The molecule has 0 fully saturated rings. The van der Waals surface area contributed by atoms with Gasteiger partial charge in [-0.25, -0.2) is 13.6 Å². The standard InChI is InChI=1S/C22H30F3N3O5/c1-5-8-10-27(11-9-6-2)26-13-15(22(30)33-12-7-3)21(29)16-17(23)14(4)18(24)19(25)20(16)28(31)32/h13,29H,5-12H2,1-4H3. The molecule has 0 amide bonds. The fourth-order valence-corrected chi connectivity index (χ4v) is 2.82. The van der Waals surface area contributed by atoms with E-state index in [1.54, 1.807) is 11.9 Å². The molecule has 11 heteroatoms. The number of aliphatic hydroxyl groups excluding tert-OH is 1. The zero-order valence-corrected chi connectivity index (χ0v) is 19.3. The van der Waals surface area contributed by atoms with Crippen molar-refractivity contribution in [1.29, 1.82) is 0 Å². The molecule has 0 saturated carbocycles. The predicted octanol–water partition coefficient (Wildman–Crippen LogP) is 5.43. The number of esters is 1. The number of carbonyl (C=O) groups is 1. The van der Waals surface area contributed by atoms with Crippen LogP contribution < -0.4 is 0 Å². The number of hydrazone groups is 1. The number of rotatable bonds is 13. The average molecular weight is 473 g/mol. The second-order valence-corrected chi connectivity index (χ2v) is 7.35. The van der Waals surface area contributed by atoms with E-state index in [9.17, 15) is 33.2 Å². The Balaban J connectivity index is 3.72. The molecule has 0 aliphatic rings. The maximum absolute atomic E-state index is 14.8. The lowest BCUT2D eigenvalue weighted by Crippen LogP contribution is -2.22. The predicted molar refractivity (Wildman–Crippen MR) is 118 cm³/mol. The first-order valence-corrected chi connectivity index (χ1v) is 10.8. The van der Waals surface area contributed by atoms with Crippen molar-refractivity contribution >= 4 is 23.6 Å². The highest BCUT2D eigenvalue weighted by molar-refractivity contribution is 6.15. The summed E-state index contributed by atoms with van der Waals surface area (Å²) >= 11 is 0. The van der Waals surface area contributed by atoms with Crippen LogP contribution in [0.5, 0.6) is 0 Å². The molecule has 1 aromatic rings. The van der Waals surface area contributed by atoms with Gasteiger partial charge in [0.1, 0.15) is 22.7 Å². The van der Waals surface area contributed by atoms with Gasteiger partial charge in [0.15, 0.2) is 5.82 Å². The van der Waals surface area contributed by atoms with Gasteiger partial charge < -0.3 is 9.84 Å². The van der Waals surface area contributed by atoms with Gasteiger partial charge in [0.25, 0.3) is 0 Å². The number of nitro groups is 1. The Kier molecular flexibility index (Phi) is 11.4. The molecule has 0 spiro atoms. The van der Waals surface area contributed by atoms with E-state index in [2.05, 4.69) is 5.10 Å². The molecule has 0 atom stereocenters. The summed E-state index contributed by atoms with van der Waals surface area (Å²) in [5.74, 6) is -7.69. The van der Waals surface area contributed by atoms with Crippen molar-refractivity contribution < 1.29 is 32.7 Å². The molecule has 33 heavy (non-hydrogen) atoms. The summed E-state index contributed by atoms with van der Waals surface area (Å²) < 4.78 is 48.0. The molecule has 1 N–H and O–H groups in total. The second kappa shape index (κ2) is 13.4. The van der Waals surface area contributed by atoms with E-state index < -0.39 is 56.5 Å².